The second-order valence-corrected chi connectivity index (χ2v) is 26.2. The van der Waals surface area contributed by atoms with Crippen molar-refractivity contribution in [1.29, 1.82) is 0 Å². The molecule has 1 saturated heterocycles. The Hall–Kier alpha value is -11.7. The van der Waals surface area contributed by atoms with Crippen LogP contribution in [0.3, 0.4) is 0 Å². The molecular weight excluding hydrogens is 1280 g/mol. The van der Waals surface area contributed by atoms with E-state index in [9.17, 15) is 0 Å². The number of halogens is 1. The van der Waals surface area contributed by atoms with Gasteiger partial charge in [0.1, 0.15) is 44.7 Å². The summed E-state index contributed by atoms with van der Waals surface area (Å²) in [6.45, 7) is 8.23. The smallest absolute Gasteiger partial charge is 0.456 e. The number of nitrogens with zero attached hydrogens (tertiary/aromatic N) is 6. The predicted octanol–water partition coefficient (Wildman–Crippen LogP) is 21.8. The number of furan rings is 4. The highest BCUT2D eigenvalue weighted by molar-refractivity contribution is 9.10. The largest absolute Gasteiger partial charge is 0.494 e. The SMILES string of the molecule is Brc1ccc2oc3ccccc3c2c1.CC1(C)OB(c2ccc3c(c2)oc2cc(-c4nc(-c5ccccc5)nc(-c5ccccc5)n4)ccc23)OC1(C)C.c1ccc(-c2nc(-c3ccccc3)nc(-c3ccc4c(c3)oc3cc(-c5ccc6oc7ccccc7c6c5)ccc34)n2)cc1. The van der Waals surface area contributed by atoms with Crippen LogP contribution in [0.1, 0.15) is 27.7 Å². The van der Waals surface area contributed by atoms with E-state index in [-0.39, 0.29) is 0 Å². The molecule has 0 unspecified atom stereocenters. The fourth-order valence-corrected chi connectivity index (χ4v) is 13.0. The van der Waals surface area contributed by atoms with E-state index in [1.54, 1.807) is 0 Å². The van der Waals surface area contributed by atoms with Crippen molar-refractivity contribution in [3.05, 3.63) is 284 Å². The van der Waals surface area contributed by atoms with E-state index in [1.165, 1.54) is 5.39 Å². The normalized spacial score (nSPS) is 13.4. The van der Waals surface area contributed by atoms with Crippen molar-refractivity contribution in [3.8, 4) is 79.5 Å². The molecule has 19 rings (SSSR count). The van der Waals surface area contributed by atoms with Crippen LogP contribution in [-0.2, 0) is 9.31 Å². The van der Waals surface area contributed by atoms with Crippen LogP contribution < -0.4 is 5.46 Å². The molecule has 1 aliphatic heterocycles. The summed E-state index contributed by atoms with van der Waals surface area (Å²) in [5.41, 5.74) is 14.6. The molecule has 0 atom stereocenters. The van der Waals surface area contributed by atoms with E-state index in [0.29, 0.717) is 34.9 Å². The third-order valence-corrected chi connectivity index (χ3v) is 19.0. The average molecular weight is 1340 g/mol. The zero-order chi connectivity index (χ0) is 66.1. The first-order valence-electron chi connectivity index (χ1n) is 32.4. The van der Waals surface area contributed by atoms with Crippen molar-refractivity contribution in [3.63, 3.8) is 0 Å². The van der Waals surface area contributed by atoms with Crippen molar-refractivity contribution in [2.45, 2.75) is 38.9 Å². The predicted molar refractivity (Wildman–Crippen MR) is 397 cm³/mol. The minimum Gasteiger partial charge on any atom is -0.456 e. The lowest BCUT2D eigenvalue weighted by molar-refractivity contribution is 0.00578. The van der Waals surface area contributed by atoms with Crippen LogP contribution in [0.15, 0.2) is 301 Å². The Kier molecular flexibility index (Phi) is 15.0. The van der Waals surface area contributed by atoms with Gasteiger partial charge in [0.05, 0.1) is 11.2 Å². The van der Waals surface area contributed by atoms with Crippen molar-refractivity contribution in [1.82, 2.24) is 29.9 Å². The van der Waals surface area contributed by atoms with Gasteiger partial charge < -0.3 is 27.0 Å². The standard InChI is InChI=1S/C39H23N3O2.C33H28BN3O3.C12H7BrO/c1-3-9-24(10-4-1)37-40-38(25-11-5-2-6-12-25)42-39(41-37)28-16-19-31-30-18-15-27(22-35(30)44-36(31)23-28)26-17-20-34-32(21-26)29-13-7-8-14-33(29)43-34;1-32(2)33(3,4)40-34(39-32)24-16-18-26-25-17-15-23(19-27(25)38-28(26)20-24)31-36-29(21-11-7-5-8-12-21)35-30(37-31)22-13-9-6-10-14-22;13-8-5-6-12-10(7-8)9-3-1-2-4-11(9)14-12/h1-23H;5-20H,1-4H3;1-7H. The van der Waals surface area contributed by atoms with Crippen LogP contribution in [0.5, 0.6) is 0 Å². The first-order valence-corrected chi connectivity index (χ1v) is 33.2. The topological polar surface area (TPSA) is 148 Å². The molecule has 0 bridgehead atoms. The summed E-state index contributed by atoms with van der Waals surface area (Å²) in [5, 5.41) is 8.73. The number of fused-ring (bicyclic) bond motifs is 12. The molecule has 1 fully saturated rings. The summed E-state index contributed by atoms with van der Waals surface area (Å²) in [6, 6.07) is 93.4. The molecule has 12 aromatic carbocycles. The highest BCUT2D eigenvalue weighted by atomic mass is 79.9. The van der Waals surface area contributed by atoms with E-state index in [2.05, 4.69) is 122 Å². The van der Waals surface area contributed by atoms with Gasteiger partial charge in [-0.1, -0.05) is 210 Å². The van der Waals surface area contributed by atoms with Gasteiger partial charge >= 0.3 is 7.12 Å². The van der Waals surface area contributed by atoms with Crippen molar-refractivity contribution >= 4 is 116 Å². The van der Waals surface area contributed by atoms with Gasteiger partial charge in [0.25, 0.3) is 0 Å². The summed E-state index contributed by atoms with van der Waals surface area (Å²) in [6.07, 6.45) is 0. The molecule has 0 spiro atoms. The second-order valence-electron chi connectivity index (χ2n) is 25.3. The Morgan fingerprint density at radius 3 is 0.980 bits per heavy atom. The van der Waals surface area contributed by atoms with Crippen LogP contribution in [0.4, 0.5) is 0 Å². The molecule has 18 aromatic rings. The Balaban J connectivity index is 0.000000123. The Morgan fingerprint density at radius 2 is 0.541 bits per heavy atom. The number of hydrogen-bond acceptors (Lipinski definition) is 12. The van der Waals surface area contributed by atoms with Gasteiger partial charge in [-0.15, -0.1) is 0 Å². The summed E-state index contributed by atoms with van der Waals surface area (Å²) in [7, 11) is -0.448. The third-order valence-electron chi connectivity index (χ3n) is 18.5. The van der Waals surface area contributed by atoms with Gasteiger partial charge in [0, 0.05) is 80.9 Å². The van der Waals surface area contributed by atoms with Gasteiger partial charge in [0.2, 0.25) is 0 Å². The number of benzene rings is 12. The number of rotatable bonds is 8. The Bertz CT molecular complexity index is 5920. The fourth-order valence-electron chi connectivity index (χ4n) is 12.6. The van der Waals surface area contributed by atoms with Gasteiger partial charge in [-0.05, 0) is 129 Å². The number of para-hydroxylation sites is 2. The molecule has 0 radical (unpaired) electrons. The molecule has 7 heterocycles. The lowest BCUT2D eigenvalue weighted by Crippen LogP contribution is -2.41. The van der Waals surface area contributed by atoms with E-state index >= 15 is 0 Å². The maximum Gasteiger partial charge on any atom is 0.494 e. The molecule has 470 valence electrons. The lowest BCUT2D eigenvalue weighted by Gasteiger charge is -2.32. The van der Waals surface area contributed by atoms with Crippen LogP contribution in [-0.4, -0.2) is 48.2 Å². The number of aromatic nitrogens is 6. The monoisotopic (exact) mass is 1340 g/mol. The van der Waals surface area contributed by atoms with Crippen molar-refractivity contribution < 1.29 is 27.0 Å². The highest BCUT2D eigenvalue weighted by Gasteiger charge is 2.51. The lowest BCUT2D eigenvalue weighted by atomic mass is 9.79. The zero-order valence-electron chi connectivity index (χ0n) is 53.6. The van der Waals surface area contributed by atoms with E-state index in [4.69, 9.17) is 56.9 Å². The zero-order valence-corrected chi connectivity index (χ0v) is 55.2. The molecular formula is C84H58BBrN6O6. The van der Waals surface area contributed by atoms with Crippen LogP contribution in [0, 0.1) is 0 Å². The second kappa shape index (κ2) is 24.5. The average Bonchev–Trinajstić information content (AvgIpc) is 1.60. The van der Waals surface area contributed by atoms with E-state index in [1.807, 2.05) is 200 Å². The van der Waals surface area contributed by atoms with Crippen molar-refractivity contribution in [2.75, 3.05) is 0 Å². The summed E-state index contributed by atoms with van der Waals surface area (Å²) < 4.78 is 38.1. The quantitative estimate of drug-likeness (QED) is 0.133. The van der Waals surface area contributed by atoms with E-state index < -0.39 is 18.3 Å². The minimum atomic E-state index is -0.448. The number of hydrogen-bond donors (Lipinski definition) is 0. The fraction of sp³-hybridized carbons (Fsp3) is 0.0714. The molecule has 14 heteroatoms. The van der Waals surface area contributed by atoms with Crippen LogP contribution in [0.25, 0.3) is 167 Å². The maximum absolute atomic E-state index is 6.46. The third kappa shape index (κ3) is 11.3. The highest BCUT2D eigenvalue weighted by Crippen LogP contribution is 2.41. The molecule has 0 amide bonds. The minimum absolute atomic E-state index is 0.406. The summed E-state index contributed by atoms with van der Waals surface area (Å²) in [4.78, 5) is 29.1. The Morgan fingerprint density at radius 1 is 0.245 bits per heavy atom. The van der Waals surface area contributed by atoms with Gasteiger partial charge in [-0.3, -0.25) is 0 Å². The van der Waals surface area contributed by atoms with Crippen LogP contribution in [0.2, 0.25) is 0 Å². The first kappa shape index (κ1) is 60.0. The summed E-state index contributed by atoms with van der Waals surface area (Å²) in [5.74, 6) is 3.70. The summed E-state index contributed by atoms with van der Waals surface area (Å²) >= 11 is 3.46. The molecule has 0 aliphatic carbocycles. The van der Waals surface area contributed by atoms with E-state index in [0.717, 1.165) is 137 Å². The van der Waals surface area contributed by atoms with Gasteiger partial charge in [0.15, 0.2) is 34.9 Å². The maximum atomic E-state index is 6.46. The molecule has 0 saturated carbocycles. The van der Waals surface area contributed by atoms with Gasteiger partial charge in [-0.2, -0.15) is 0 Å². The molecule has 0 N–H and O–H groups in total. The first-order chi connectivity index (χ1) is 47.9. The molecule has 1 aliphatic rings. The molecule has 12 nitrogen and oxygen atoms in total. The molecule has 6 aromatic heterocycles. The van der Waals surface area contributed by atoms with Gasteiger partial charge in [-0.25, -0.2) is 29.9 Å². The van der Waals surface area contributed by atoms with Crippen LogP contribution >= 0.6 is 15.9 Å². The van der Waals surface area contributed by atoms with Crippen molar-refractivity contribution in [2.24, 2.45) is 0 Å². The molecule has 98 heavy (non-hydrogen) atoms. The Labute approximate surface area is 571 Å².